The highest BCUT2D eigenvalue weighted by atomic mass is 16.7. The fourth-order valence-corrected chi connectivity index (χ4v) is 3.28. The first-order valence-electron chi connectivity index (χ1n) is 8.30. The summed E-state index contributed by atoms with van der Waals surface area (Å²) in [4.78, 5) is 12.3. The number of carbonyl (C=O) groups is 1. The van der Waals surface area contributed by atoms with Crippen molar-refractivity contribution in [2.45, 2.75) is 38.0 Å². The minimum absolute atomic E-state index is 0.159. The predicted octanol–water partition coefficient (Wildman–Crippen LogP) is 3.44. The van der Waals surface area contributed by atoms with Crippen LogP contribution in [-0.4, -0.2) is 11.7 Å². The van der Waals surface area contributed by atoms with Crippen LogP contribution in [0.2, 0.25) is 0 Å². The molecule has 0 unspecified atom stereocenters. The molecule has 0 aromatic heterocycles. The fourth-order valence-electron chi connectivity index (χ4n) is 3.28. The number of anilines is 1. The zero-order chi connectivity index (χ0) is 16.6. The lowest BCUT2D eigenvalue weighted by atomic mass is 10.1. The van der Waals surface area contributed by atoms with Crippen molar-refractivity contribution in [3.05, 3.63) is 53.6 Å². The first-order valence-corrected chi connectivity index (χ1v) is 8.30. The van der Waals surface area contributed by atoms with Gasteiger partial charge in [0.05, 0.1) is 0 Å². The maximum Gasteiger partial charge on any atom is 0.255 e. The van der Waals surface area contributed by atoms with Gasteiger partial charge in [0, 0.05) is 36.7 Å². The summed E-state index contributed by atoms with van der Waals surface area (Å²) in [6.07, 6.45) is 4.07. The highest BCUT2D eigenvalue weighted by Crippen LogP contribution is 2.47. The van der Waals surface area contributed by atoms with Gasteiger partial charge in [0.15, 0.2) is 11.5 Å². The van der Waals surface area contributed by atoms with Gasteiger partial charge < -0.3 is 20.5 Å². The third-order valence-corrected chi connectivity index (χ3v) is 4.61. The van der Waals surface area contributed by atoms with Gasteiger partial charge in [0.1, 0.15) is 0 Å². The zero-order valence-electron chi connectivity index (χ0n) is 13.4. The normalized spacial score (nSPS) is 17.2. The minimum Gasteiger partial charge on any atom is -0.448 e. The second-order valence-corrected chi connectivity index (χ2v) is 6.34. The molecular formula is C19H20N2O3. The lowest BCUT2D eigenvalue weighted by Gasteiger charge is -2.21. The molecule has 1 heterocycles. The molecule has 1 spiro atoms. The Hall–Kier alpha value is -2.53. The van der Waals surface area contributed by atoms with Gasteiger partial charge in [-0.05, 0) is 42.7 Å². The van der Waals surface area contributed by atoms with Crippen molar-refractivity contribution in [3.63, 3.8) is 0 Å². The molecule has 124 valence electrons. The first-order chi connectivity index (χ1) is 11.7. The van der Waals surface area contributed by atoms with Crippen molar-refractivity contribution in [2.75, 3.05) is 5.32 Å². The van der Waals surface area contributed by atoms with Crippen LogP contribution in [-0.2, 0) is 6.54 Å². The van der Waals surface area contributed by atoms with Gasteiger partial charge in [-0.2, -0.15) is 0 Å². The molecule has 0 bridgehead atoms. The molecule has 3 N–H and O–H groups in total. The lowest BCUT2D eigenvalue weighted by Crippen LogP contribution is -2.34. The molecule has 2 aliphatic rings. The molecule has 5 heteroatoms. The number of hydrogen-bond donors (Lipinski definition) is 2. The third-order valence-electron chi connectivity index (χ3n) is 4.61. The summed E-state index contributed by atoms with van der Waals surface area (Å²) in [7, 11) is 0. The lowest BCUT2D eigenvalue weighted by molar-refractivity contribution is -0.0716. The highest BCUT2D eigenvalue weighted by molar-refractivity contribution is 6.04. The Morgan fingerprint density at radius 3 is 2.46 bits per heavy atom. The molecule has 1 aliphatic carbocycles. The van der Waals surface area contributed by atoms with Crippen molar-refractivity contribution in [1.29, 1.82) is 0 Å². The van der Waals surface area contributed by atoms with Gasteiger partial charge in [0.2, 0.25) is 0 Å². The summed E-state index contributed by atoms with van der Waals surface area (Å²) in [5, 5.41) is 2.90. The molecule has 1 amide bonds. The number of carbonyl (C=O) groups excluding carboxylic acids is 1. The van der Waals surface area contributed by atoms with Crippen molar-refractivity contribution < 1.29 is 14.3 Å². The quantitative estimate of drug-likeness (QED) is 0.907. The summed E-state index contributed by atoms with van der Waals surface area (Å²) in [6.45, 7) is 0.464. The second kappa shape index (κ2) is 5.83. The highest BCUT2D eigenvalue weighted by Gasteiger charge is 2.44. The number of nitrogens with two attached hydrogens (primary N) is 1. The van der Waals surface area contributed by atoms with Crippen LogP contribution in [0.25, 0.3) is 0 Å². The molecule has 24 heavy (non-hydrogen) atoms. The van der Waals surface area contributed by atoms with E-state index in [9.17, 15) is 4.79 Å². The minimum atomic E-state index is -0.483. The van der Waals surface area contributed by atoms with Crippen molar-refractivity contribution in [1.82, 2.24) is 0 Å². The SMILES string of the molecule is NCc1ccc(C(=O)Nc2ccc3c(c2)OC2(CCCC2)O3)cc1. The number of hydrogen-bond acceptors (Lipinski definition) is 4. The van der Waals surface area contributed by atoms with E-state index in [1.54, 1.807) is 12.1 Å². The number of rotatable bonds is 3. The van der Waals surface area contributed by atoms with Crippen LogP contribution >= 0.6 is 0 Å². The van der Waals surface area contributed by atoms with Crippen LogP contribution in [0.1, 0.15) is 41.6 Å². The Labute approximate surface area is 140 Å². The van der Waals surface area contributed by atoms with Crippen LogP contribution in [0.5, 0.6) is 11.5 Å². The average Bonchev–Trinajstić information content (AvgIpc) is 3.20. The van der Waals surface area contributed by atoms with Gasteiger partial charge in [0.25, 0.3) is 11.7 Å². The smallest absolute Gasteiger partial charge is 0.255 e. The largest absolute Gasteiger partial charge is 0.448 e. The number of nitrogens with one attached hydrogen (secondary N) is 1. The van der Waals surface area contributed by atoms with Crippen LogP contribution in [0.3, 0.4) is 0 Å². The molecule has 0 radical (unpaired) electrons. The van der Waals surface area contributed by atoms with Crippen molar-refractivity contribution in [3.8, 4) is 11.5 Å². The maximum absolute atomic E-state index is 12.3. The Kier molecular flexibility index (Phi) is 3.65. The van der Waals surface area contributed by atoms with Gasteiger partial charge in [-0.1, -0.05) is 12.1 Å². The van der Waals surface area contributed by atoms with E-state index in [0.717, 1.165) is 37.0 Å². The first kappa shape index (κ1) is 15.0. The summed E-state index contributed by atoms with van der Waals surface area (Å²) in [6, 6.07) is 12.8. The monoisotopic (exact) mass is 324 g/mol. The van der Waals surface area contributed by atoms with Crippen molar-refractivity contribution in [2.24, 2.45) is 5.73 Å². The van der Waals surface area contributed by atoms with Crippen LogP contribution in [0, 0.1) is 0 Å². The molecule has 1 saturated carbocycles. The van der Waals surface area contributed by atoms with Gasteiger partial charge in [-0.15, -0.1) is 0 Å². The Balaban J connectivity index is 1.49. The molecule has 4 rings (SSSR count). The number of benzene rings is 2. The van der Waals surface area contributed by atoms with E-state index in [2.05, 4.69) is 5.32 Å². The second-order valence-electron chi connectivity index (χ2n) is 6.34. The topological polar surface area (TPSA) is 73.6 Å². The van der Waals surface area contributed by atoms with Crippen LogP contribution < -0.4 is 20.5 Å². The van der Waals surface area contributed by atoms with E-state index >= 15 is 0 Å². The number of fused-ring (bicyclic) bond motifs is 1. The average molecular weight is 324 g/mol. The van der Waals surface area contributed by atoms with Gasteiger partial charge in [-0.25, -0.2) is 0 Å². The van der Waals surface area contributed by atoms with Crippen LogP contribution in [0.4, 0.5) is 5.69 Å². The van der Waals surface area contributed by atoms with Crippen LogP contribution in [0.15, 0.2) is 42.5 Å². The molecule has 1 aliphatic heterocycles. The predicted molar refractivity (Wildman–Crippen MR) is 91.2 cm³/mol. The summed E-state index contributed by atoms with van der Waals surface area (Å²) in [5.74, 6) is 0.812. The molecule has 5 nitrogen and oxygen atoms in total. The molecular weight excluding hydrogens is 304 g/mol. The zero-order valence-corrected chi connectivity index (χ0v) is 13.4. The molecule has 2 aromatic rings. The van der Waals surface area contributed by atoms with E-state index in [-0.39, 0.29) is 5.91 Å². The summed E-state index contributed by atoms with van der Waals surface area (Å²) in [5.41, 5.74) is 7.86. The van der Waals surface area contributed by atoms with E-state index in [1.165, 1.54) is 0 Å². The molecule has 1 fully saturated rings. The summed E-state index contributed by atoms with van der Waals surface area (Å²) < 4.78 is 12.0. The molecule has 0 atom stereocenters. The Morgan fingerprint density at radius 2 is 1.75 bits per heavy atom. The maximum atomic E-state index is 12.3. The van der Waals surface area contributed by atoms with Crippen molar-refractivity contribution >= 4 is 11.6 Å². The summed E-state index contributed by atoms with van der Waals surface area (Å²) >= 11 is 0. The van der Waals surface area contributed by atoms with E-state index in [0.29, 0.717) is 23.5 Å². The molecule has 0 saturated heterocycles. The number of ether oxygens (including phenoxy) is 2. The van der Waals surface area contributed by atoms with E-state index in [4.69, 9.17) is 15.2 Å². The van der Waals surface area contributed by atoms with Gasteiger partial charge >= 0.3 is 0 Å². The Bertz CT molecular complexity index is 765. The van der Waals surface area contributed by atoms with E-state index < -0.39 is 5.79 Å². The molecule has 2 aromatic carbocycles. The fraction of sp³-hybridized carbons (Fsp3) is 0.316. The third kappa shape index (κ3) is 2.71. The standard InChI is InChI=1S/C19H20N2O3/c20-12-13-3-5-14(6-4-13)18(22)21-15-7-8-16-17(11-15)24-19(23-16)9-1-2-10-19/h3-8,11H,1-2,9-10,12,20H2,(H,21,22). The number of amides is 1. The van der Waals surface area contributed by atoms with E-state index in [1.807, 2.05) is 30.3 Å². The van der Waals surface area contributed by atoms with Gasteiger partial charge in [-0.3, -0.25) is 4.79 Å². The Morgan fingerprint density at radius 1 is 1.04 bits per heavy atom.